The lowest BCUT2D eigenvalue weighted by molar-refractivity contribution is 0.189. The normalized spacial score (nSPS) is 28.1. The zero-order valence-electron chi connectivity index (χ0n) is 10.8. The van der Waals surface area contributed by atoms with Crippen molar-refractivity contribution in [1.82, 2.24) is 9.88 Å². The van der Waals surface area contributed by atoms with E-state index >= 15 is 0 Å². The maximum Gasteiger partial charge on any atom is 0.128 e. The van der Waals surface area contributed by atoms with E-state index < -0.39 is 0 Å². The number of pyridine rings is 1. The van der Waals surface area contributed by atoms with Crippen molar-refractivity contribution in [1.29, 1.82) is 0 Å². The fourth-order valence-electron chi connectivity index (χ4n) is 3.37. The van der Waals surface area contributed by atoms with Crippen LogP contribution < -0.4 is 4.90 Å². The van der Waals surface area contributed by atoms with Crippen molar-refractivity contribution < 1.29 is 0 Å². The van der Waals surface area contributed by atoms with Gasteiger partial charge in [-0.15, -0.1) is 0 Å². The average Bonchev–Trinajstić information content (AvgIpc) is 3.32. The highest BCUT2D eigenvalue weighted by atomic mass is 15.3. The zero-order chi connectivity index (χ0) is 11.9. The second kappa shape index (κ2) is 4.23. The lowest BCUT2D eigenvalue weighted by Crippen LogP contribution is -2.40. The molecule has 2 aliphatic carbocycles. The van der Waals surface area contributed by atoms with Crippen LogP contribution in [0.1, 0.15) is 32.1 Å². The van der Waals surface area contributed by atoms with Crippen molar-refractivity contribution in [3.05, 3.63) is 24.4 Å². The summed E-state index contributed by atoms with van der Waals surface area (Å²) in [6.45, 7) is 2.36. The molecule has 0 N–H and O–H groups in total. The van der Waals surface area contributed by atoms with Crippen LogP contribution in [0.25, 0.3) is 0 Å². The van der Waals surface area contributed by atoms with E-state index in [-0.39, 0.29) is 0 Å². The van der Waals surface area contributed by atoms with E-state index in [0.717, 1.165) is 23.9 Å². The second-order valence-electron chi connectivity index (χ2n) is 5.99. The Morgan fingerprint density at radius 2 is 1.78 bits per heavy atom. The molecule has 4 rings (SSSR count). The standard InChI is InChI=1S/C15H21N3/c1-2-9-16-15(3-1)17-10-8-14(11-17)18(12-4-5-12)13-6-7-13/h1-3,9,12-14H,4-8,10-11H2. The van der Waals surface area contributed by atoms with Crippen LogP contribution in [0, 0.1) is 0 Å². The predicted octanol–water partition coefficient (Wildman–Crippen LogP) is 2.29. The molecular formula is C15H21N3. The lowest BCUT2D eigenvalue weighted by Gasteiger charge is -2.29. The first-order valence-electron chi connectivity index (χ1n) is 7.35. The monoisotopic (exact) mass is 243 g/mol. The first-order valence-corrected chi connectivity index (χ1v) is 7.35. The van der Waals surface area contributed by atoms with Gasteiger partial charge in [0.25, 0.3) is 0 Å². The maximum absolute atomic E-state index is 4.48. The first kappa shape index (κ1) is 10.8. The number of hydrogen-bond acceptors (Lipinski definition) is 3. The van der Waals surface area contributed by atoms with E-state index in [4.69, 9.17) is 0 Å². The van der Waals surface area contributed by atoms with Crippen LogP contribution in [-0.4, -0.2) is 41.1 Å². The van der Waals surface area contributed by atoms with Crippen LogP contribution in [0.15, 0.2) is 24.4 Å². The van der Waals surface area contributed by atoms with Gasteiger partial charge >= 0.3 is 0 Å². The molecule has 0 amide bonds. The number of anilines is 1. The molecule has 3 nitrogen and oxygen atoms in total. The van der Waals surface area contributed by atoms with Crippen molar-refractivity contribution in [3.8, 4) is 0 Å². The largest absolute Gasteiger partial charge is 0.355 e. The highest BCUT2D eigenvalue weighted by molar-refractivity contribution is 5.39. The van der Waals surface area contributed by atoms with Crippen LogP contribution in [0.5, 0.6) is 0 Å². The van der Waals surface area contributed by atoms with Crippen LogP contribution in [0.4, 0.5) is 5.82 Å². The second-order valence-corrected chi connectivity index (χ2v) is 5.99. The molecule has 3 aliphatic rings. The Morgan fingerprint density at radius 3 is 2.39 bits per heavy atom. The molecule has 18 heavy (non-hydrogen) atoms. The van der Waals surface area contributed by atoms with Gasteiger partial charge in [-0.3, -0.25) is 4.90 Å². The van der Waals surface area contributed by atoms with Crippen LogP contribution in [0.3, 0.4) is 0 Å². The van der Waals surface area contributed by atoms with Crippen molar-refractivity contribution in [3.63, 3.8) is 0 Å². The molecule has 1 aromatic rings. The van der Waals surface area contributed by atoms with Crippen LogP contribution in [0.2, 0.25) is 0 Å². The molecule has 1 unspecified atom stereocenters. The molecule has 3 heteroatoms. The third kappa shape index (κ3) is 2.01. The molecule has 1 atom stereocenters. The molecule has 0 bridgehead atoms. The molecule has 0 radical (unpaired) electrons. The minimum absolute atomic E-state index is 0.784. The average molecular weight is 243 g/mol. The summed E-state index contributed by atoms with van der Waals surface area (Å²) in [7, 11) is 0. The number of rotatable bonds is 4. The summed E-state index contributed by atoms with van der Waals surface area (Å²) in [6.07, 6.45) is 8.99. The van der Waals surface area contributed by atoms with Gasteiger partial charge in [-0.25, -0.2) is 4.98 Å². The van der Waals surface area contributed by atoms with E-state index in [1.807, 2.05) is 12.3 Å². The van der Waals surface area contributed by atoms with Crippen LogP contribution in [-0.2, 0) is 0 Å². The Hall–Kier alpha value is -1.09. The Kier molecular flexibility index (Phi) is 2.54. The summed E-state index contributed by atoms with van der Waals surface area (Å²) < 4.78 is 0. The summed E-state index contributed by atoms with van der Waals surface area (Å²) in [5.74, 6) is 1.16. The molecule has 1 aromatic heterocycles. The van der Waals surface area contributed by atoms with Gasteiger partial charge < -0.3 is 4.90 Å². The smallest absolute Gasteiger partial charge is 0.128 e. The quantitative estimate of drug-likeness (QED) is 0.809. The van der Waals surface area contributed by atoms with E-state index in [2.05, 4.69) is 26.9 Å². The molecular weight excluding hydrogens is 222 g/mol. The highest BCUT2D eigenvalue weighted by Crippen LogP contribution is 2.40. The predicted molar refractivity (Wildman–Crippen MR) is 72.7 cm³/mol. The van der Waals surface area contributed by atoms with Crippen molar-refractivity contribution in [2.75, 3.05) is 18.0 Å². The van der Waals surface area contributed by atoms with E-state index in [1.54, 1.807) is 0 Å². The van der Waals surface area contributed by atoms with Gasteiger partial charge in [0.1, 0.15) is 5.82 Å². The highest BCUT2D eigenvalue weighted by Gasteiger charge is 2.44. The van der Waals surface area contributed by atoms with Gasteiger partial charge in [-0.05, 0) is 44.2 Å². The Labute approximate surface area is 109 Å². The third-order valence-corrected chi connectivity index (χ3v) is 4.50. The fourth-order valence-corrected chi connectivity index (χ4v) is 3.37. The van der Waals surface area contributed by atoms with E-state index in [9.17, 15) is 0 Å². The van der Waals surface area contributed by atoms with Crippen molar-refractivity contribution >= 4 is 5.82 Å². The Morgan fingerprint density at radius 1 is 1.00 bits per heavy atom. The van der Waals surface area contributed by atoms with E-state index in [1.165, 1.54) is 45.2 Å². The Balaban J connectivity index is 1.46. The van der Waals surface area contributed by atoms with Crippen molar-refractivity contribution in [2.24, 2.45) is 0 Å². The molecule has 3 fully saturated rings. The van der Waals surface area contributed by atoms with Gasteiger partial charge in [0.2, 0.25) is 0 Å². The molecule has 2 saturated carbocycles. The van der Waals surface area contributed by atoms with Gasteiger partial charge in [-0.1, -0.05) is 6.07 Å². The van der Waals surface area contributed by atoms with Gasteiger partial charge in [0, 0.05) is 37.4 Å². The molecule has 2 heterocycles. The fraction of sp³-hybridized carbons (Fsp3) is 0.667. The summed E-state index contributed by atoms with van der Waals surface area (Å²) >= 11 is 0. The molecule has 0 aromatic carbocycles. The molecule has 1 aliphatic heterocycles. The van der Waals surface area contributed by atoms with Gasteiger partial charge in [0.05, 0.1) is 0 Å². The zero-order valence-corrected chi connectivity index (χ0v) is 10.8. The SMILES string of the molecule is c1ccc(N2CCC(N(C3CC3)C3CC3)C2)nc1. The number of hydrogen-bond donors (Lipinski definition) is 0. The molecule has 0 spiro atoms. The minimum atomic E-state index is 0.784. The third-order valence-electron chi connectivity index (χ3n) is 4.50. The van der Waals surface area contributed by atoms with Gasteiger partial charge in [0.15, 0.2) is 0 Å². The van der Waals surface area contributed by atoms with Crippen molar-refractivity contribution in [2.45, 2.75) is 50.2 Å². The maximum atomic E-state index is 4.48. The topological polar surface area (TPSA) is 19.4 Å². The number of aromatic nitrogens is 1. The van der Waals surface area contributed by atoms with E-state index in [0.29, 0.717) is 0 Å². The first-order chi connectivity index (χ1) is 8.92. The van der Waals surface area contributed by atoms with Gasteiger partial charge in [-0.2, -0.15) is 0 Å². The van der Waals surface area contributed by atoms with Crippen LogP contribution >= 0.6 is 0 Å². The summed E-state index contributed by atoms with van der Waals surface area (Å²) in [4.78, 5) is 9.79. The summed E-state index contributed by atoms with van der Waals surface area (Å²) in [6, 6.07) is 8.86. The lowest BCUT2D eigenvalue weighted by atomic mass is 10.2. The minimum Gasteiger partial charge on any atom is -0.355 e. The molecule has 1 saturated heterocycles. The summed E-state index contributed by atoms with van der Waals surface area (Å²) in [5, 5.41) is 0. The Bertz CT molecular complexity index is 399. The number of nitrogens with zero attached hydrogens (tertiary/aromatic N) is 3. The summed E-state index contributed by atoms with van der Waals surface area (Å²) in [5.41, 5.74) is 0. The molecule has 96 valence electrons.